The molecule has 1 aliphatic rings. The SMILES string of the molecule is Cc1ccccc1[C@@H]1CCN(CCNC(=O)Cc2[nH]nc3ccccc23)C1. The van der Waals surface area contributed by atoms with Gasteiger partial charge in [-0.3, -0.25) is 9.89 Å². The summed E-state index contributed by atoms with van der Waals surface area (Å²) in [6.45, 7) is 5.95. The summed E-state index contributed by atoms with van der Waals surface area (Å²) < 4.78 is 0. The first-order valence-corrected chi connectivity index (χ1v) is 9.67. The first-order chi connectivity index (χ1) is 13.2. The number of carbonyl (C=O) groups excluding carboxylic acids is 1. The molecule has 0 spiro atoms. The fourth-order valence-electron chi connectivity index (χ4n) is 4.06. The third-order valence-corrected chi connectivity index (χ3v) is 5.53. The number of para-hydroxylation sites is 1. The van der Waals surface area contributed by atoms with E-state index in [-0.39, 0.29) is 5.91 Å². The lowest BCUT2D eigenvalue weighted by atomic mass is 9.94. The molecular weight excluding hydrogens is 336 g/mol. The van der Waals surface area contributed by atoms with Crippen molar-refractivity contribution in [2.24, 2.45) is 0 Å². The molecule has 2 aromatic carbocycles. The number of hydrogen-bond donors (Lipinski definition) is 2. The van der Waals surface area contributed by atoms with Crippen molar-refractivity contribution in [3.05, 3.63) is 65.4 Å². The summed E-state index contributed by atoms with van der Waals surface area (Å²) in [5.41, 5.74) is 4.63. The molecule has 1 saturated heterocycles. The van der Waals surface area contributed by atoms with Gasteiger partial charge in [0.2, 0.25) is 5.91 Å². The molecule has 1 atom stereocenters. The minimum Gasteiger partial charge on any atom is -0.354 e. The van der Waals surface area contributed by atoms with Crippen molar-refractivity contribution in [2.45, 2.75) is 25.7 Å². The van der Waals surface area contributed by atoms with Gasteiger partial charge in [0.1, 0.15) is 0 Å². The molecule has 2 N–H and O–H groups in total. The van der Waals surface area contributed by atoms with Crippen LogP contribution in [-0.4, -0.2) is 47.2 Å². The molecule has 0 unspecified atom stereocenters. The van der Waals surface area contributed by atoms with E-state index in [4.69, 9.17) is 0 Å². The van der Waals surface area contributed by atoms with Crippen molar-refractivity contribution in [1.82, 2.24) is 20.4 Å². The molecule has 1 aromatic heterocycles. The average Bonchev–Trinajstić information content (AvgIpc) is 3.30. The zero-order chi connectivity index (χ0) is 18.6. The summed E-state index contributed by atoms with van der Waals surface area (Å²) in [4.78, 5) is 14.7. The first-order valence-electron chi connectivity index (χ1n) is 9.67. The van der Waals surface area contributed by atoms with Crippen LogP contribution in [0.25, 0.3) is 10.9 Å². The number of hydrogen-bond acceptors (Lipinski definition) is 3. The second-order valence-corrected chi connectivity index (χ2v) is 7.39. The summed E-state index contributed by atoms with van der Waals surface area (Å²) in [6, 6.07) is 16.5. The van der Waals surface area contributed by atoms with Crippen molar-refractivity contribution >= 4 is 16.8 Å². The van der Waals surface area contributed by atoms with Crippen LogP contribution in [0.4, 0.5) is 0 Å². The Hall–Kier alpha value is -2.66. The third kappa shape index (κ3) is 4.03. The van der Waals surface area contributed by atoms with E-state index < -0.39 is 0 Å². The highest BCUT2D eigenvalue weighted by Crippen LogP contribution is 2.28. The molecule has 1 fully saturated rings. The van der Waals surface area contributed by atoms with E-state index in [0.29, 0.717) is 18.9 Å². The van der Waals surface area contributed by atoms with Crippen LogP contribution in [0.15, 0.2) is 48.5 Å². The number of aromatic nitrogens is 2. The van der Waals surface area contributed by atoms with Gasteiger partial charge in [-0.05, 0) is 43.0 Å². The predicted octanol–water partition coefficient (Wildman–Crippen LogP) is 3.02. The van der Waals surface area contributed by atoms with Crippen molar-refractivity contribution in [2.75, 3.05) is 26.2 Å². The Morgan fingerprint density at radius 1 is 1.22 bits per heavy atom. The summed E-state index contributed by atoms with van der Waals surface area (Å²) >= 11 is 0. The lowest BCUT2D eigenvalue weighted by Crippen LogP contribution is -2.34. The van der Waals surface area contributed by atoms with Gasteiger partial charge >= 0.3 is 0 Å². The minimum absolute atomic E-state index is 0.0408. The average molecular weight is 362 g/mol. The molecular formula is C22H26N4O. The van der Waals surface area contributed by atoms with Gasteiger partial charge in [-0.15, -0.1) is 0 Å². The van der Waals surface area contributed by atoms with Crippen molar-refractivity contribution in [3.63, 3.8) is 0 Å². The molecule has 0 aliphatic carbocycles. The van der Waals surface area contributed by atoms with Crippen LogP contribution in [0.2, 0.25) is 0 Å². The topological polar surface area (TPSA) is 61.0 Å². The smallest absolute Gasteiger partial charge is 0.226 e. The number of aryl methyl sites for hydroxylation is 1. The highest BCUT2D eigenvalue weighted by molar-refractivity contribution is 5.87. The molecule has 140 valence electrons. The largest absolute Gasteiger partial charge is 0.354 e. The highest BCUT2D eigenvalue weighted by Gasteiger charge is 2.24. The van der Waals surface area contributed by atoms with Gasteiger partial charge in [-0.25, -0.2) is 0 Å². The molecule has 5 heteroatoms. The Morgan fingerprint density at radius 3 is 2.93 bits per heavy atom. The number of nitrogens with zero attached hydrogens (tertiary/aromatic N) is 2. The third-order valence-electron chi connectivity index (χ3n) is 5.53. The van der Waals surface area contributed by atoms with E-state index in [9.17, 15) is 4.79 Å². The number of rotatable bonds is 6. The Bertz CT molecular complexity index is 933. The van der Waals surface area contributed by atoms with Crippen molar-refractivity contribution in [1.29, 1.82) is 0 Å². The summed E-state index contributed by atoms with van der Waals surface area (Å²) in [7, 11) is 0. The van der Waals surface area contributed by atoms with E-state index in [2.05, 4.69) is 51.6 Å². The van der Waals surface area contributed by atoms with Crippen LogP contribution in [0.5, 0.6) is 0 Å². The Labute approximate surface area is 159 Å². The van der Waals surface area contributed by atoms with Gasteiger partial charge in [-0.2, -0.15) is 5.10 Å². The van der Waals surface area contributed by atoms with Gasteiger partial charge in [0.05, 0.1) is 17.6 Å². The van der Waals surface area contributed by atoms with Crippen molar-refractivity contribution < 1.29 is 4.79 Å². The first kappa shape index (κ1) is 17.7. The number of carbonyl (C=O) groups is 1. The molecule has 0 bridgehead atoms. The fraction of sp³-hybridized carbons (Fsp3) is 0.364. The molecule has 4 rings (SSSR count). The van der Waals surface area contributed by atoms with E-state index in [0.717, 1.165) is 36.2 Å². The summed E-state index contributed by atoms with van der Waals surface area (Å²) in [6.07, 6.45) is 1.53. The van der Waals surface area contributed by atoms with Crippen molar-refractivity contribution in [3.8, 4) is 0 Å². The normalized spacial score (nSPS) is 17.4. The van der Waals surface area contributed by atoms with E-state index in [1.54, 1.807) is 0 Å². The number of nitrogens with one attached hydrogen (secondary N) is 2. The number of H-pyrrole nitrogens is 1. The van der Waals surface area contributed by atoms with Crippen LogP contribution in [0.3, 0.4) is 0 Å². The summed E-state index contributed by atoms with van der Waals surface area (Å²) in [5.74, 6) is 0.650. The number of amides is 1. The van der Waals surface area contributed by atoms with Gasteiger partial charge < -0.3 is 10.2 Å². The van der Waals surface area contributed by atoms with Crippen LogP contribution < -0.4 is 5.32 Å². The van der Waals surface area contributed by atoms with E-state index in [1.165, 1.54) is 17.5 Å². The van der Waals surface area contributed by atoms with Crippen LogP contribution >= 0.6 is 0 Å². The lowest BCUT2D eigenvalue weighted by Gasteiger charge is -2.17. The molecule has 3 aromatic rings. The molecule has 5 nitrogen and oxygen atoms in total. The van der Waals surface area contributed by atoms with Gasteiger partial charge in [0, 0.05) is 25.0 Å². The number of benzene rings is 2. The summed E-state index contributed by atoms with van der Waals surface area (Å²) in [5, 5.41) is 11.3. The van der Waals surface area contributed by atoms with E-state index >= 15 is 0 Å². The molecule has 2 heterocycles. The molecule has 27 heavy (non-hydrogen) atoms. The van der Waals surface area contributed by atoms with Gasteiger partial charge in [-0.1, -0.05) is 42.5 Å². The molecule has 0 saturated carbocycles. The highest BCUT2D eigenvalue weighted by atomic mass is 16.1. The standard InChI is InChI=1S/C22H26N4O/c1-16-6-2-3-7-18(16)17-10-12-26(15-17)13-11-23-22(27)14-21-19-8-4-5-9-20(19)24-25-21/h2-9,17H,10-15H2,1H3,(H,23,27)(H,24,25)/t17-/m1/s1. The Morgan fingerprint density at radius 2 is 2.04 bits per heavy atom. The molecule has 1 aliphatic heterocycles. The maximum absolute atomic E-state index is 12.3. The maximum Gasteiger partial charge on any atom is 0.226 e. The Balaban J connectivity index is 1.24. The zero-order valence-corrected chi connectivity index (χ0v) is 15.7. The Kier molecular flexibility index (Phi) is 5.21. The van der Waals surface area contributed by atoms with E-state index in [1.807, 2.05) is 24.3 Å². The molecule has 0 radical (unpaired) electrons. The second-order valence-electron chi connectivity index (χ2n) is 7.39. The van der Waals surface area contributed by atoms with Crippen LogP contribution in [0.1, 0.15) is 29.2 Å². The second kappa shape index (κ2) is 7.92. The van der Waals surface area contributed by atoms with Gasteiger partial charge in [0.15, 0.2) is 0 Å². The zero-order valence-electron chi connectivity index (χ0n) is 15.7. The lowest BCUT2D eigenvalue weighted by molar-refractivity contribution is -0.120. The fourth-order valence-corrected chi connectivity index (χ4v) is 4.06. The molecule has 1 amide bonds. The number of likely N-dealkylation sites (tertiary alicyclic amines) is 1. The number of aromatic amines is 1. The predicted molar refractivity (Wildman–Crippen MR) is 108 cm³/mol. The monoisotopic (exact) mass is 362 g/mol. The maximum atomic E-state index is 12.3. The van der Waals surface area contributed by atoms with Crippen LogP contribution in [-0.2, 0) is 11.2 Å². The number of fused-ring (bicyclic) bond motifs is 1. The van der Waals surface area contributed by atoms with Crippen LogP contribution in [0, 0.1) is 6.92 Å². The minimum atomic E-state index is 0.0408. The quantitative estimate of drug-likeness (QED) is 0.709. The van der Waals surface area contributed by atoms with Gasteiger partial charge in [0.25, 0.3) is 0 Å².